The fourth-order valence-electron chi connectivity index (χ4n) is 3.72. The van der Waals surface area contributed by atoms with Gasteiger partial charge in [0, 0.05) is 29.1 Å². The lowest BCUT2D eigenvalue weighted by atomic mass is 9.99. The highest BCUT2D eigenvalue weighted by Gasteiger charge is 2.36. The smallest absolute Gasteiger partial charge is 0.261 e. The number of rotatable bonds is 4. The van der Waals surface area contributed by atoms with E-state index < -0.39 is 0 Å². The minimum absolute atomic E-state index is 0.167. The molecule has 4 rings (SSSR count). The van der Waals surface area contributed by atoms with Crippen molar-refractivity contribution in [2.75, 3.05) is 13.2 Å². The molecule has 150 valence electrons. The van der Waals surface area contributed by atoms with Crippen molar-refractivity contribution in [3.05, 3.63) is 63.7 Å². The standard InChI is InChI=1S/C22H21ClN2O4/c1-12(2)11-25-21(27)15-5-3-13(9-16(15)22(25)28)20(26)24-18-7-8-29-19-6-4-14(23)10-17(18)19/h3-6,9-10,12,18H,7-8,11H2,1-2H3,(H,24,26). The Morgan fingerprint density at radius 1 is 1.17 bits per heavy atom. The summed E-state index contributed by atoms with van der Waals surface area (Å²) >= 11 is 6.10. The second-order valence-electron chi connectivity index (χ2n) is 7.72. The van der Waals surface area contributed by atoms with E-state index >= 15 is 0 Å². The van der Waals surface area contributed by atoms with Gasteiger partial charge in [-0.1, -0.05) is 25.4 Å². The van der Waals surface area contributed by atoms with Crippen LogP contribution in [0.4, 0.5) is 0 Å². The topological polar surface area (TPSA) is 75.7 Å². The van der Waals surface area contributed by atoms with Crippen LogP contribution in [0.25, 0.3) is 0 Å². The molecule has 0 bridgehead atoms. The number of fused-ring (bicyclic) bond motifs is 2. The fourth-order valence-corrected chi connectivity index (χ4v) is 3.90. The number of nitrogens with zero attached hydrogens (tertiary/aromatic N) is 1. The van der Waals surface area contributed by atoms with Gasteiger partial charge in [0.15, 0.2) is 0 Å². The zero-order chi connectivity index (χ0) is 20.7. The van der Waals surface area contributed by atoms with Crippen LogP contribution in [0.15, 0.2) is 36.4 Å². The summed E-state index contributed by atoms with van der Waals surface area (Å²) in [4.78, 5) is 39.2. The first-order valence-electron chi connectivity index (χ1n) is 9.58. The molecule has 1 unspecified atom stereocenters. The summed E-state index contributed by atoms with van der Waals surface area (Å²) in [7, 11) is 0. The number of ether oxygens (including phenoxy) is 1. The number of hydrogen-bond acceptors (Lipinski definition) is 4. The molecule has 7 heteroatoms. The van der Waals surface area contributed by atoms with Gasteiger partial charge in [-0.05, 0) is 42.3 Å². The molecule has 0 spiro atoms. The van der Waals surface area contributed by atoms with E-state index in [0.717, 1.165) is 5.56 Å². The molecule has 0 saturated carbocycles. The Kier molecular flexibility index (Phi) is 5.04. The van der Waals surface area contributed by atoms with Crippen molar-refractivity contribution in [3.63, 3.8) is 0 Å². The molecule has 0 radical (unpaired) electrons. The number of hydrogen-bond donors (Lipinski definition) is 1. The van der Waals surface area contributed by atoms with Gasteiger partial charge in [-0.2, -0.15) is 0 Å². The van der Waals surface area contributed by atoms with Crippen LogP contribution in [0.2, 0.25) is 5.02 Å². The Balaban J connectivity index is 1.57. The third-order valence-electron chi connectivity index (χ3n) is 5.10. The van der Waals surface area contributed by atoms with Gasteiger partial charge in [-0.3, -0.25) is 19.3 Å². The van der Waals surface area contributed by atoms with Crippen molar-refractivity contribution < 1.29 is 19.1 Å². The quantitative estimate of drug-likeness (QED) is 0.774. The third kappa shape index (κ3) is 3.60. The summed E-state index contributed by atoms with van der Waals surface area (Å²) in [6.07, 6.45) is 0.615. The van der Waals surface area contributed by atoms with Gasteiger partial charge in [0.25, 0.3) is 17.7 Å². The highest BCUT2D eigenvalue weighted by molar-refractivity contribution is 6.30. The van der Waals surface area contributed by atoms with Crippen LogP contribution in [0.5, 0.6) is 5.75 Å². The minimum Gasteiger partial charge on any atom is -0.493 e. The van der Waals surface area contributed by atoms with Gasteiger partial charge in [-0.25, -0.2) is 0 Å². The fraction of sp³-hybridized carbons (Fsp3) is 0.318. The summed E-state index contributed by atoms with van der Waals surface area (Å²) < 4.78 is 5.63. The van der Waals surface area contributed by atoms with Crippen LogP contribution in [0.1, 0.15) is 62.9 Å². The molecule has 6 nitrogen and oxygen atoms in total. The van der Waals surface area contributed by atoms with Gasteiger partial charge in [0.2, 0.25) is 0 Å². The average molecular weight is 413 g/mol. The Morgan fingerprint density at radius 2 is 1.93 bits per heavy atom. The lowest BCUT2D eigenvalue weighted by Gasteiger charge is -2.27. The number of amides is 3. The molecule has 1 N–H and O–H groups in total. The predicted octanol–water partition coefficient (Wildman–Crippen LogP) is 3.85. The van der Waals surface area contributed by atoms with Crippen molar-refractivity contribution in [3.8, 4) is 5.75 Å². The molecule has 2 aromatic carbocycles. The van der Waals surface area contributed by atoms with Gasteiger partial charge in [0.05, 0.1) is 23.8 Å². The van der Waals surface area contributed by atoms with E-state index in [0.29, 0.717) is 41.5 Å². The van der Waals surface area contributed by atoms with E-state index in [-0.39, 0.29) is 35.2 Å². The molecular weight excluding hydrogens is 392 g/mol. The van der Waals surface area contributed by atoms with Crippen LogP contribution in [0.3, 0.4) is 0 Å². The zero-order valence-corrected chi connectivity index (χ0v) is 17.0. The SMILES string of the molecule is CC(C)CN1C(=O)c2ccc(C(=O)NC3CCOc4ccc(Cl)cc43)cc2C1=O. The molecule has 2 aliphatic rings. The summed E-state index contributed by atoms with van der Waals surface area (Å²) in [5.74, 6) is -0.103. The van der Waals surface area contributed by atoms with Crippen LogP contribution >= 0.6 is 11.6 Å². The van der Waals surface area contributed by atoms with Crippen LogP contribution in [-0.2, 0) is 0 Å². The van der Waals surface area contributed by atoms with Gasteiger partial charge < -0.3 is 10.1 Å². The molecule has 1 atom stereocenters. The Labute approximate surface area is 173 Å². The van der Waals surface area contributed by atoms with Crippen LogP contribution in [-0.4, -0.2) is 35.8 Å². The number of halogens is 1. The summed E-state index contributed by atoms with van der Waals surface area (Å²) in [5.41, 5.74) is 1.79. The average Bonchev–Trinajstić information content (AvgIpc) is 2.92. The van der Waals surface area contributed by atoms with Crippen molar-refractivity contribution in [2.45, 2.75) is 26.3 Å². The normalized spacial score (nSPS) is 17.8. The maximum atomic E-state index is 12.9. The molecule has 3 amide bonds. The molecular formula is C22H21ClN2O4. The lowest BCUT2D eigenvalue weighted by molar-refractivity contribution is 0.0636. The Bertz CT molecular complexity index is 1020. The van der Waals surface area contributed by atoms with E-state index in [2.05, 4.69) is 5.32 Å². The zero-order valence-electron chi connectivity index (χ0n) is 16.2. The second-order valence-corrected chi connectivity index (χ2v) is 8.16. The highest BCUT2D eigenvalue weighted by Crippen LogP contribution is 2.34. The van der Waals surface area contributed by atoms with E-state index in [9.17, 15) is 14.4 Å². The monoisotopic (exact) mass is 412 g/mol. The number of imide groups is 1. The summed E-state index contributed by atoms with van der Waals surface area (Å²) in [6, 6.07) is 9.72. The minimum atomic E-state index is -0.350. The summed E-state index contributed by atoms with van der Waals surface area (Å²) in [5, 5.41) is 3.56. The highest BCUT2D eigenvalue weighted by atomic mass is 35.5. The van der Waals surface area contributed by atoms with Crippen LogP contribution in [0, 0.1) is 5.92 Å². The molecule has 2 heterocycles. The first-order valence-corrected chi connectivity index (χ1v) is 9.96. The van der Waals surface area contributed by atoms with Crippen molar-refractivity contribution in [1.29, 1.82) is 0 Å². The number of benzene rings is 2. The van der Waals surface area contributed by atoms with E-state index in [4.69, 9.17) is 16.3 Å². The first kappa shape index (κ1) is 19.5. The lowest BCUT2D eigenvalue weighted by Crippen LogP contribution is -2.33. The summed E-state index contributed by atoms with van der Waals surface area (Å²) in [6.45, 7) is 4.73. The van der Waals surface area contributed by atoms with E-state index in [1.807, 2.05) is 13.8 Å². The predicted molar refractivity (Wildman–Crippen MR) is 108 cm³/mol. The Morgan fingerprint density at radius 3 is 2.69 bits per heavy atom. The van der Waals surface area contributed by atoms with Gasteiger partial charge in [0.1, 0.15) is 5.75 Å². The Hall–Kier alpha value is -2.86. The van der Waals surface area contributed by atoms with Crippen molar-refractivity contribution in [2.24, 2.45) is 5.92 Å². The molecule has 2 aliphatic heterocycles. The van der Waals surface area contributed by atoms with E-state index in [1.54, 1.807) is 30.3 Å². The maximum absolute atomic E-state index is 12.9. The molecule has 0 fully saturated rings. The molecule has 0 aliphatic carbocycles. The van der Waals surface area contributed by atoms with Crippen LogP contribution < -0.4 is 10.1 Å². The van der Waals surface area contributed by atoms with Crippen molar-refractivity contribution >= 4 is 29.3 Å². The largest absolute Gasteiger partial charge is 0.493 e. The molecule has 0 saturated heterocycles. The number of nitrogens with one attached hydrogen (secondary N) is 1. The number of carbonyl (C=O) groups excluding carboxylic acids is 3. The van der Waals surface area contributed by atoms with Gasteiger partial charge >= 0.3 is 0 Å². The number of carbonyl (C=O) groups is 3. The molecule has 0 aromatic heterocycles. The second kappa shape index (κ2) is 7.52. The first-order chi connectivity index (χ1) is 13.8. The van der Waals surface area contributed by atoms with E-state index in [1.165, 1.54) is 11.0 Å². The van der Waals surface area contributed by atoms with Gasteiger partial charge in [-0.15, -0.1) is 0 Å². The molecule has 29 heavy (non-hydrogen) atoms. The third-order valence-corrected chi connectivity index (χ3v) is 5.33. The van der Waals surface area contributed by atoms with Crippen molar-refractivity contribution in [1.82, 2.24) is 10.2 Å². The molecule has 2 aromatic rings. The maximum Gasteiger partial charge on any atom is 0.261 e.